The number of hydrogen-bond donors (Lipinski definition) is 0. The average molecular weight is 464 g/mol. The molecule has 0 aliphatic rings. The van der Waals surface area contributed by atoms with Crippen LogP contribution < -0.4 is 9.33 Å². The maximum atomic E-state index is 6.34. The minimum Gasteiger partial charge on any atom is -0.521 e. The summed E-state index contributed by atoms with van der Waals surface area (Å²) < 4.78 is 12.7. The Labute approximate surface area is 196 Å². The molecule has 0 spiro atoms. The van der Waals surface area contributed by atoms with E-state index in [0.29, 0.717) is 0 Å². The van der Waals surface area contributed by atoms with Gasteiger partial charge < -0.3 is 13.4 Å². The van der Waals surface area contributed by atoms with Crippen molar-refractivity contribution in [1.29, 1.82) is 0 Å². The van der Waals surface area contributed by atoms with Gasteiger partial charge in [0.25, 0.3) is 0 Å². The molecule has 0 N–H and O–H groups in total. The van der Waals surface area contributed by atoms with Gasteiger partial charge in [0.05, 0.1) is 0 Å². The van der Waals surface area contributed by atoms with E-state index < -0.39 is 16.9 Å². The highest BCUT2D eigenvalue weighted by molar-refractivity contribution is 6.81. The topological polar surface area (TPSA) is 21.7 Å². The van der Waals surface area contributed by atoms with E-state index in [2.05, 4.69) is 126 Å². The lowest BCUT2D eigenvalue weighted by molar-refractivity contribution is 0.397. The van der Waals surface area contributed by atoms with Crippen molar-refractivity contribution >= 4 is 33.9 Å². The van der Waals surface area contributed by atoms with Crippen molar-refractivity contribution in [2.24, 2.45) is 0 Å². The third-order valence-electron chi connectivity index (χ3n) is 5.51. The van der Waals surface area contributed by atoms with Crippen molar-refractivity contribution in [2.75, 3.05) is 4.90 Å². The lowest BCUT2D eigenvalue weighted by atomic mass is 10.1. The molecule has 3 nitrogen and oxygen atoms in total. The van der Waals surface area contributed by atoms with E-state index in [1.165, 1.54) is 22.3 Å². The van der Waals surface area contributed by atoms with Gasteiger partial charge in [-0.2, -0.15) is 0 Å². The number of benzene rings is 3. The fourth-order valence-electron chi connectivity index (χ4n) is 3.88. The zero-order valence-electron chi connectivity index (χ0n) is 21.0. The molecule has 0 unspecified atom stereocenters. The smallest absolute Gasteiger partial charge is 0.382 e. The molecule has 5 heteroatoms. The minimum atomic E-state index is -2.23. The second-order valence-electron chi connectivity index (χ2n) is 10.1. The Bertz CT molecular complexity index is 1030. The Morgan fingerprint density at radius 3 is 1.41 bits per heavy atom. The molecule has 3 rings (SSSR count). The Morgan fingerprint density at radius 1 is 0.562 bits per heavy atom. The van der Waals surface area contributed by atoms with Gasteiger partial charge in [-0.15, -0.1) is 0 Å². The van der Waals surface area contributed by atoms with E-state index >= 15 is 0 Å². The zero-order chi connectivity index (χ0) is 23.7. The van der Waals surface area contributed by atoms with Crippen LogP contribution in [0.5, 0.6) is 5.75 Å². The molecule has 0 aromatic heterocycles. The van der Waals surface area contributed by atoms with Gasteiger partial charge in [0.15, 0.2) is 8.32 Å². The lowest BCUT2D eigenvalue weighted by Gasteiger charge is -2.31. The summed E-state index contributed by atoms with van der Waals surface area (Å²) in [6.07, 6.45) is 0. The highest BCUT2D eigenvalue weighted by Gasteiger charge is 2.33. The molecular formula is C27H37NO2Si2. The molecule has 0 aliphatic heterocycles. The summed E-state index contributed by atoms with van der Waals surface area (Å²) in [6, 6.07) is 21.7. The Kier molecular flexibility index (Phi) is 7.03. The van der Waals surface area contributed by atoms with Crippen LogP contribution in [0.2, 0.25) is 32.7 Å². The first kappa shape index (κ1) is 24.3. The van der Waals surface area contributed by atoms with E-state index in [-0.39, 0.29) is 0 Å². The fourth-order valence-corrected chi connectivity index (χ4v) is 10.7. The van der Waals surface area contributed by atoms with Crippen LogP contribution in [0.4, 0.5) is 17.1 Å². The summed E-state index contributed by atoms with van der Waals surface area (Å²) in [5.74, 6) is 0.865. The lowest BCUT2D eigenvalue weighted by Crippen LogP contribution is -2.47. The van der Waals surface area contributed by atoms with E-state index in [0.717, 1.165) is 22.8 Å². The summed E-state index contributed by atoms with van der Waals surface area (Å²) in [5.41, 5.74) is 8.58. The molecule has 0 amide bonds. The minimum absolute atomic E-state index is 0.865. The Balaban J connectivity index is 1.98. The van der Waals surface area contributed by atoms with Crippen LogP contribution in [0.1, 0.15) is 22.3 Å². The van der Waals surface area contributed by atoms with Crippen LogP contribution in [-0.4, -0.2) is 16.9 Å². The molecule has 0 atom stereocenters. The van der Waals surface area contributed by atoms with E-state index in [1.807, 2.05) is 0 Å². The van der Waals surface area contributed by atoms with Gasteiger partial charge in [0, 0.05) is 17.1 Å². The van der Waals surface area contributed by atoms with Crippen molar-refractivity contribution < 1.29 is 8.54 Å². The molecule has 0 radical (unpaired) electrons. The van der Waals surface area contributed by atoms with Gasteiger partial charge in [-0.05, 0) is 131 Å². The number of aryl methyl sites for hydroxylation is 4. The van der Waals surface area contributed by atoms with Gasteiger partial charge in [0.1, 0.15) is 5.75 Å². The Morgan fingerprint density at radius 2 is 1.00 bits per heavy atom. The average Bonchev–Trinajstić information content (AvgIpc) is 2.67. The van der Waals surface area contributed by atoms with E-state index in [4.69, 9.17) is 8.54 Å². The summed E-state index contributed by atoms with van der Waals surface area (Å²) in [4.78, 5) is 2.31. The molecule has 0 aliphatic carbocycles. The molecule has 0 fully saturated rings. The van der Waals surface area contributed by atoms with Crippen LogP contribution in [0.25, 0.3) is 0 Å². The SMILES string of the molecule is Cc1ccc(N(c2ccc(O[Si](C)(C)O[Si](C)(C)C)cc2)c2ccc(C)c(C)c2)cc1C. The van der Waals surface area contributed by atoms with Crippen molar-refractivity contribution in [1.82, 2.24) is 0 Å². The maximum Gasteiger partial charge on any atom is 0.382 e. The number of nitrogens with zero attached hydrogens (tertiary/aromatic N) is 1. The molecule has 3 aromatic rings. The molecule has 32 heavy (non-hydrogen) atoms. The summed E-state index contributed by atoms with van der Waals surface area (Å²) in [7, 11) is -3.89. The number of rotatable bonds is 7. The predicted molar refractivity (Wildman–Crippen MR) is 143 cm³/mol. The van der Waals surface area contributed by atoms with Gasteiger partial charge in [-0.3, -0.25) is 0 Å². The highest BCUT2D eigenvalue weighted by atomic mass is 28.4. The van der Waals surface area contributed by atoms with Crippen LogP contribution in [0.15, 0.2) is 60.7 Å². The predicted octanol–water partition coefficient (Wildman–Crippen LogP) is 8.32. The molecule has 3 aromatic carbocycles. The molecule has 0 heterocycles. The normalized spacial score (nSPS) is 12.0. The summed E-state index contributed by atoms with van der Waals surface area (Å²) >= 11 is 0. The van der Waals surface area contributed by atoms with Crippen molar-refractivity contribution in [3.8, 4) is 5.75 Å². The van der Waals surface area contributed by atoms with Crippen molar-refractivity contribution in [3.63, 3.8) is 0 Å². The van der Waals surface area contributed by atoms with Gasteiger partial charge in [0.2, 0.25) is 0 Å². The highest BCUT2D eigenvalue weighted by Crippen LogP contribution is 2.37. The monoisotopic (exact) mass is 463 g/mol. The van der Waals surface area contributed by atoms with E-state index in [1.54, 1.807) is 0 Å². The number of anilines is 3. The molecule has 0 saturated heterocycles. The number of hydrogen-bond acceptors (Lipinski definition) is 3. The first-order chi connectivity index (χ1) is 14.8. The van der Waals surface area contributed by atoms with Crippen LogP contribution in [0, 0.1) is 27.7 Å². The third kappa shape index (κ3) is 6.12. The first-order valence-electron chi connectivity index (χ1n) is 11.3. The third-order valence-corrected chi connectivity index (χ3v) is 10.7. The first-order valence-corrected chi connectivity index (χ1v) is 17.5. The van der Waals surface area contributed by atoms with Gasteiger partial charge >= 0.3 is 8.56 Å². The molecular weight excluding hydrogens is 426 g/mol. The summed E-state index contributed by atoms with van der Waals surface area (Å²) in [6.45, 7) is 19.5. The van der Waals surface area contributed by atoms with Gasteiger partial charge in [-0.1, -0.05) is 12.1 Å². The van der Waals surface area contributed by atoms with Crippen LogP contribution in [0.3, 0.4) is 0 Å². The molecule has 0 bridgehead atoms. The summed E-state index contributed by atoms with van der Waals surface area (Å²) in [5, 5.41) is 0. The van der Waals surface area contributed by atoms with Crippen molar-refractivity contribution in [3.05, 3.63) is 82.9 Å². The maximum absolute atomic E-state index is 6.34. The quantitative estimate of drug-likeness (QED) is 0.329. The Hall–Kier alpha value is -2.35. The van der Waals surface area contributed by atoms with E-state index in [9.17, 15) is 0 Å². The molecule has 0 saturated carbocycles. The second kappa shape index (κ2) is 9.26. The molecule has 170 valence electrons. The zero-order valence-corrected chi connectivity index (χ0v) is 23.0. The standard InChI is InChI=1S/C27H37NO2Si2/c1-20-10-12-25(18-22(20)3)28(26-13-11-21(2)23(4)19-26)24-14-16-27(17-15-24)29-32(8,9)30-31(5,6)7/h10-19H,1-9H3. The van der Waals surface area contributed by atoms with Crippen LogP contribution >= 0.6 is 0 Å². The largest absolute Gasteiger partial charge is 0.521 e. The van der Waals surface area contributed by atoms with Crippen molar-refractivity contribution in [2.45, 2.75) is 60.4 Å². The van der Waals surface area contributed by atoms with Gasteiger partial charge in [-0.25, -0.2) is 0 Å². The van der Waals surface area contributed by atoms with Crippen LogP contribution in [-0.2, 0) is 4.12 Å². The second-order valence-corrected chi connectivity index (χ2v) is 18.1. The fraction of sp³-hybridized carbons (Fsp3) is 0.333.